The lowest BCUT2D eigenvalue weighted by molar-refractivity contribution is 0.0502. The highest BCUT2D eigenvalue weighted by Gasteiger charge is 2.31. The van der Waals surface area contributed by atoms with Crippen molar-refractivity contribution in [1.82, 2.24) is 15.1 Å². The summed E-state index contributed by atoms with van der Waals surface area (Å²) in [7, 11) is 2.17. The lowest BCUT2D eigenvalue weighted by atomic mass is 9.89. The van der Waals surface area contributed by atoms with E-state index >= 15 is 0 Å². The van der Waals surface area contributed by atoms with E-state index in [1.165, 1.54) is 16.9 Å². The van der Waals surface area contributed by atoms with E-state index in [-0.39, 0.29) is 11.9 Å². The molecule has 190 valence electrons. The van der Waals surface area contributed by atoms with E-state index in [0.717, 1.165) is 51.8 Å². The van der Waals surface area contributed by atoms with Gasteiger partial charge in [0, 0.05) is 28.6 Å². The van der Waals surface area contributed by atoms with E-state index in [2.05, 4.69) is 41.5 Å². The smallest absolute Gasteiger partial charge is 0.407 e. The average Bonchev–Trinajstić information content (AvgIpc) is 3.39. The summed E-state index contributed by atoms with van der Waals surface area (Å²) in [6.07, 6.45) is 2.59. The second kappa shape index (κ2) is 10.5. The van der Waals surface area contributed by atoms with E-state index in [0.29, 0.717) is 25.4 Å². The third kappa shape index (κ3) is 6.38. The normalized spacial score (nSPS) is 19.7. The number of rotatable bonds is 4. The second-order valence-corrected chi connectivity index (χ2v) is 12.3. The van der Waals surface area contributed by atoms with Crippen LogP contribution in [-0.2, 0) is 4.74 Å². The van der Waals surface area contributed by atoms with Crippen molar-refractivity contribution in [3.05, 3.63) is 45.3 Å². The molecule has 0 aliphatic carbocycles. The predicted molar refractivity (Wildman–Crippen MR) is 143 cm³/mol. The number of ether oxygens (including phenoxy) is 1. The summed E-state index contributed by atoms with van der Waals surface area (Å²) in [6, 6.07) is 8.36. The molecule has 2 aliphatic rings. The van der Waals surface area contributed by atoms with Gasteiger partial charge in [0.1, 0.15) is 5.60 Å². The molecule has 0 bridgehead atoms. The van der Waals surface area contributed by atoms with E-state index in [1.807, 2.05) is 32.6 Å². The Morgan fingerprint density at radius 3 is 2.49 bits per heavy atom. The topological polar surface area (TPSA) is 61.9 Å². The van der Waals surface area contributed by atoms with Crippen LogP contribution in [0.1, 0.15) is 66.8 Å². The van der Waals surface area contributed by atoms with Gasteiger partial charge in [-0.1, -0.05) is 23.7 Å². The van der Waals surface area contributed by atoms with E-state index in [1.54, 1.807) is 0 Å². The Bertz CT molecular complexity index is 1090. The summed E-state index contributed by atoms with van der Waals surface area (Å²) in [5, 5.41) is 3.63. The van der Waals surface area contributed by atoms with E-state index in [9.17, 15) is 9.59 Å². The molecule has 35 heavy (non-hydrogen) atoms. The second-order valence-electron chi connectivity index (χ2n) is 10.8. The van der Waals surface area contributed by atoms with Crippen molar-refractivity contribution in [3.63, 3.8) is 0 Å². The Morgan fingerprint density at radius 1 is 1.11 bits per heavy atom. The number of carbonyl (C=O) groups excluding carboxylic acids is 2. The summed E-state index contributed by atoms with van der Waals surface area (Å²) >= 11 is 8.23. The van der Waals surface area contributed by atoms with Crippen molar-refractivity contribution in [2.45, 2.75) is 64.5 Å². The fourth-order valence-electron chi connectivity index (χ4n) is 4.83. The molecule has 3 heterocycles. The lowest BCUT2D eigenvalue weighted by Gasteiger charge is -2.29. The number of alkyl carbamates (subject to hydrolysis) is 1. The van der Waals surface area contributed by atoms with Gasteiger partial charge in [-0.25, -0.2) is 4.79 Å². The zero-order chi connectivity index (χ0) is 25.3. The van der Waals surface area contributed by atoms with Gasteiger partial charge in [0.2, 0.25) is 0 Å². The van der Waals surface area contributed by atoms with Crippen molar-refractivity contribution in [2.24, 2.45) is 0 Å². The number of piperidine rings is 1. The third-order valence-electron chi connectivity index (χ3n) is 6.76. The predicted octanol–water partition coefficient (Wildman–Crippen LogP) is 5.93. The zero-order valence-corrected chi connectivity index (χ0v) is 22.9. The first-order valence-electron chi connectivity index (χ1n) is 12.4. The highest BCUT2D eigenvalue weighted by molar-refractivity contribution is 7.17. The van der Waals surface area contributed by atoms with Crippen LogP contribution in [-0.4, -0.2) is 66.7 Å². The minimum absolute atomic E-state index is 0.00584. The average molecular weight is 518 g/mol. The molecule has 1 aromatic heterocycles. The lowest BCUT2D eigenvalue weighted by Crippen LogP contribution is -2.41. The van der Waals surface area contributed by atoms with E-state index in [4.69, 9.17) is 16.3 Å². The van der Waals surface area contributed by atoms with Gasteiger partial charge in [0.05, 0.1) is 10.9 Å². The van der Waals surface area contributed by atoms with Crippen LogP contribution >= 0.6 is 22.9 Å². The largest absolute Gasteiger partial charge is 0.444 e. The van der Waals surface area contributed by atoms with Crippen LogP contribution < -0.4 is 5.32 Å². The first-order chi connectivity index (χ1) is 16.5. The summed E-state index contributed by atoms with van der Waals surface area (Å²) in [4.78, 5) is 31.3. The van der Waals surface area contributed by atoms with Gasteiger partial charge >= 0.3 is 6.09 Å². The molecule has 1 atom stereocenters. The minimum Gasteiger partial charge on any atom is -0.444 e. The van der Waals surface area contributed by atoms with Gasteiger partial charge < -0.3 is 19.9 Å². The monoisotopic (exact) mass is 517 g/mol. The van der Waals surface area contributed by atoms with Crippen molar-refractivity contribution in [3.8, 4) is 10.4 Å². The molecule has 2 amide bonds. The quantitative estimate of drug-likeness (QED) is 0.546. The van der Waals surface area contributed by atoms with Crippen molar-refractivity contribution >= 4 is 34.9 Å². The van der Waals surface area contributed by atoms with Crippen molar-refractivity contribution in [1.29, 1.82) is 0 Å². The molecule has 2 aromatic rings. The number of carbonyl (C=O) groups is 2. The van der Waals surface area contributed by atoms with Crippen LogP contribution in [0.2, 0.25) is 5.02 Å². The number of hydrogen-bond donors (Lipinski definition) is 1. The molecule has 0 spiro atoms. The third-order valence-corrected chi connectivity index (χ3v) is 8.33. The van der Waals surface area contributed by atoms with Crippen LogP contribution in [0.15, 0.2) is 24.3 Å². The van der Waals surface area contributed by atoms with Gasteiger partial charge in [0.25, 0.3) is 5.91 Å². The SMILES string of the molecule is Cc1cc(-c2ccc(C3CCN(C)CC3)cc2Cl)sc1C(=O)N1CC[C@H](NC(=O)OC(C)(C)C)C1. The van der Waals surface area contributed by atoms with Crippen LogP contribution in [0.3, 0.4) is 0 Å². The Kier molecular flexibility index (Phi) is 7.79. The number of hydrogen-bond acceptors (Lipinski definition) is 5. The number of benzene rings is 1. The molecule has 2 fully saturated rings. The molecule has 2 aliphatic heterocycles. The molecular formula is C27H36ClN3O3S. The number of aryl methyl sites for hydroxylation is 1. The Hall–Kier alpha value is -2.09. The van der Waals surface area contributed by atoms with Crippen LogP contribution in [0, 0.1) is 6.92 Å². The first-order valence-corrected chi connectivity index (χ1v) is 13.6. The Balaban J connectivity index is 1.42. The van der Waals surface area contributed by atoms with Crippen LogP contribution in [0.25, 0.3) is 10.4 Å². The minimum atomic E-state index is -0.546. The van der Waals surface area contributed by atoms with Gasteiger partial charge in [-0.15, -0.1) is 11.3 Å². The molecule has 8 heteroatoms. The van der Waals surface area contributed by atoms with Gasteiger partial charge in [-0.3, -0.25) is 4.79 Å². The number of thiophene rings is 1. The highest BCUT2D eigenvalue weighted by atomic mass is 35.5. The molecule has 0 radical (unpaired) electrons. The molecule has 1 N–H and O–H groups in total. The van der Waals surface area contributed by atoms with Gasteiger partial charge in [0.15, 0.2) is 0 Å². The zero-order valence-electron chi connectivity index (χ0n) is 21.3. The summed E-state index contributed by atoms with van der Waals surface area (Å²) in [5.74, 6) is 0.559. The summed E-state index contributed by atoms with van der Waals surface area (Å²) in [6.45, 7) is 10.8. The van der Waals surface area contributed by atoms with E-state index < -0.39 is 11.7 Å². The standard InChI is InChI=1S/C27H36ClN3O3S/c1-17-14-23(21-7-6-19(15-22(21)28)18-8-11-30(5)12-9-18)35-24(17)25(32)31-13-10-20(16-31)29-26(33)34-27(2,3)4/h6-7,14-15,18,20H,8-13,16H2,1-5H3,(H,29,33)/t20-/m0/s1. The van der Waals surface area contributed by atoms with Gasteiger partial charge in [-0.2, -0.15) is 0 Å². The van der Waals surface area contributed by atoms with Crippen LogP contribution in [0.5, 0.6) is 0 Å². The number of nitrogens with zero attached hydrogens (tertiary/aromatic N) is 2. The summed E-state index contributed by atoms with van der Waals surface area (Å²) < 4.78 is 5.35. The summed E-state index contributed by atoms with van der Waals surface area (Å²) in [5.41, 5.74) is 2.68. The molecule has 4 rings (SSSR count). The number of nitrogens with one attached hydrogen (secondary N) is 1. The number of likely N-dealkylation sites (tertiary alicyclic amines) is 2. The number of halogens is 1. The maximum Gasteiger partial charge on any atom is 0.407 e. The van der Waals surface area contributed by atoms with Crippen molar-refractivity contribution < 1.29 is 14.3 Å². The van der Waals surface area contributed by atoms with Crippen molar-refractivity contribution in [2.75, 3.05) is 33.2 Å². The maximum absolute atomic E-state index is 13.3. The Morgan fingerprint density at radius 2 is 1.83 bits per heavy atom. The molecule has 0 unspecified atom stereocenters. The maximum atomic E-state index is 13.3. The highest BCUT2D eigenvalue weighted by Crippen LogP contribution is 2.39. The molecular weight excluding hydrogens is 482 g/mol. The fraction of sp³-hybridized carbons (Fsp3) is 0.556. The fourth-order valence-corrected chi connectivity index (χ4v) is 6.36. The molecule has 0 saturated carbocycles. The van der Waals surface area contributed by atoms with Gasteiger partial charge in [-0.05, 0) is 96.3 Å². The molecule has 2 saturated heterocycles. The Labute approximate surface area is 217 Å². The number of amides is 2. The molecule has 6 nitrogen and oxygen atoms in total. The first kappa shape index (κ1) is 26.0. The van der Waals surface area contributed by atoms with Crippen LogP contribution in [0.4, 0.5) is 4.79 Å². The molecule has 1 aromatic carbocycles.